The molecule has 0 fully saturated rings. The number of nitrogens with zero attached hydrogens (tertiary/aromatic N) is 2. The first-order valence-electron chi connectivity index (χ1n) is 7.66. The van der Waals surface area contributed by atoms with Crippen LogP contribution < -0.4 is 0 Å². The lowest BCUT2D eigenvalue weighted by Crippen LogP contribution is -2.02. The molecule has 0 aliphatic carbocycles. The van der Waals surface area contributed by atoms with Crippen molar-refractivity contribution >= 4 is 34.2 Å². The number of halogens is 2. The minimum Gasteiger partial charge on any atom is -0.319 e. The molecule has 0 atom stereocenters. The predicted octanol–water partition coefficient (Wildman–Crippen LogP) is 6.06. The average molecular weight is 353 g/mol. The van der Waals surface area contributed by atoms with E-state index in [1.54, 1.807) is 0 Å². The maximum Gasteiger partial charge on any atom is 0.141 e. The van der Waals surface area contributed by atoms with E-state index in [2.05, 4.69) is 16.7 Å². The Kier molecular flexibility index (Phi) is 4.01. The zero-order valence-corrected chi connectivity index (χ0v) is 14.3. The normalized spacial score (nSPS) is 11.1. The molecule has 0 unspecified atom stereocenters. The summed E-state index contributed by atoms with van der Waals surface area (Å²) in [6.45, 7) is 0.707. The lowest BCUT2D eigenvalue weighted by Gasteiger charge is -2.10. The molecule has 4 aromatic rings. The van der Waals surface area contributed by atoms with Gasteiger partial charge in [-0.05, 0) is 54.1 Å². The van der Waals surface area contributed by atoms with Crippen LogP contribution in [0.2, 0.25) is 10.0 Å². The highest BCUT2D eigenvalue weighted by molar-refractivity contribution is 6.30. The zero-order chi connectivity index (χ0) is 16.5. The summed E-state index contributed by atoms with van der Waals surface area (Å²) in [6.07, 6.45) is 0. The number of fused-ring (bicyclic) bond motifs is 1. The van der Waals surface area contributed by atoms with Crippen molar-refractivity contribution in [1.82, 2.24) is 9.55 Å². The van der Waals surface area contributed by atoms with Crippen molar-refractivity contribution < 1.29 is 0 Å². The topological polar surface area (TPSA) is 17.8 Å². The van der Waals surface area contributed by atoms with Gasteiger partial charge in [0.25, 0.3) is 0 Å². The summed E-state index contributed by atoms with van der Waals surface area (Å²) in [6, 6.07) is 23.9. The van der Waals surface area contributed by atoms with Crippen molar-refractivity contribution in [3.05, 3.63) is 88.4 Å². The van der Waals surface area contributed by atoms with Crippen molar-refractivity contribution in [3.63, 3.8) is 0 Å². The smallest absolute Gasteiger partial charge is 0.141 e. The molecule has 0 bridgehead atoms. The Morgan fingerprint density at radius 1 is 0.792 bits per heavy atom. The number of hydrogen-bond donors (Lipinski definition) is 0. The van der Waals surface area contributed by atoms with Crippen LogP contribution in [0.25, 0.3) is 22.4 Å². The van der Waals surface area contributed by atoms with E-state index in [0.717, 1.165) is 38.0 Å². The molecule has 1 heterocycles. The fourth-order valence-corrected chi connectivity index (χ4v) is 3.21. The summed E-state index contributed by atoms with van der Waals surface area (Å²) in [5, 5.41) is 1.46. The van der Waals surface area contributed by atoms with E-state index >= 15 is 0 Å². The molecule has 0 aliphatic rings. The van der Waals surface area contributed by atoms with Crippen LogP contribution in [0.15, 0.2) is 72.8 Å². The van der Waals surface area contributed by atoms with Crippen LogP contribution in [0.5, 0.6) is 0 Å². The summed E-state index contributed by atoms with van der Waals surface area (Å²) in [5.41, 5.74) is 4.25. The maximum absolute atomic E-state index is 6.14. The SMILES string of the molecule is Clc1ccc(-c2nc3ccccc3n2Cc2cccc(Cl)c2)cc1. The van der Waals surface area contributed by atoms with E-state index in [1.807, 2.05) is 60.7 Å². The highest BCUT2D eigenvalue weighted by Crippen LogP contribution is 2.27. The first-order chi connectivity index (χ1) is 11.7. The molecule has 0 aliphatic heterocycles. The zero-order valence-electron chi connectivity index (χ0n) is 12.8. The van der Waals surface area contributed by atoms with Gasteiger partial charge in [0.05, 0.1) is 11.0 Å². The van der Waals surface area contributed by atoms with Crippen LogP contribution >= 0.6 is 23.2 Å². The molecular weight excluding hydrogens is 339 g/mol. The van der Waals surface area contributed by atoms with Crippen LogP contribution in [0.3, 0.4) is 0 Å². The molecule has 4 rings (SSSR count). The van der Waals surface area contributed by atoms with Gasteiger partial charge in [-0.3, -0.25) is 0 Å². The van der Waals surface area contributed by atoms with E-state index in [-0.39, 0.29) is 0 Å². The van der Waals surface area contributed by atoms with Crippen molar-refractivity contribution in [2.45, 2.75) is 6.54 Å². The van der Waals surface area contributed by atoms with Crippen LogP contribution in [-0.4, -0.2) is 9.55 Å². The van der Waals surface area contributed by atoms with Gasteiger partial charge in [-0.1, -0.05) is 47.5 Å². The Labute approximate surface area is 150 Å². The predicted molar refractivity (Wildman–Crippen MR) is 101 cm³/mol. The summed E-state index contributed by atoms with van der Waals surface area (Å²) >= 11 is 12.2. The van der Waals surface area contributed by atoms with Gasteiger partial charge in [-0.2, -0.15) is 0 Å². The number of para-hydroxylation sites is 2. The third kappa shape index (κ3) is 2.91. The molecule has 4 heteroatoms. The number of rotatable bonds is 3. The van der Waals surface area contributed by atoms with Crippen molar-refractivity contribution in [3.8, 4) is 11.4 Å². The molecule has 0 amide bonds. The lowest BCUT2D eigenvalue weighted by atomic mass is 10.2. The van der Waals surface area contributed by atoms with Crippen molar-refractivity contribution in [2.75, 3.05) is 0 Å². The molecule has 3 aromatic carbocycles. The number of imidazole rings is 1. The minimum atomic E-state index is 0.707. The van der Waals surface area contributed by atoms with Crippen LogP contribution in [0, 0.1) is 0 Å². The summed E-state index contributed by atoms with van der Waals surface area (Å²) in [7, 11) is 0. The summed E-state index contributed by atoms with van der Waals surface area (Å²) in [5.74, 6) is 0.924. The second kappa shape index (κ2) is 6.31. The van der Waals surface area contributed by atoms with E-state index in [9.17, 15) is 0 Å². The largest absolute Gasteiger partial charge is 0.319 e. The van der Waals surface area contributed by atoms with Crippen molar-refractivity contribution in [2.24, 2.45) is 0 Å². The molecular formula is C20H14Cl2N2. The third-order valence-electron chi connectivity index (χ3n) is 3.99. The van der Waals surface area contributed by atoms with E-state index in [0.29, 0.717) is 6.54 Å². The fraction of sp³-hybridized carbons (Fsp3) is 0.0500. The molecule has 2 nitrogen and oxygen atoms in total. The van der Waals surface area contributed by atoms with Crippen LogP contribution in [-0.2, 0) is 6.54 Å². The molecule has 0 saturated carbocycles. The maximum atomic E-state index is 6.14. The monoisotopic (exact) mass is 352 g/mol. The fourth-order valence-electron chi connectivity index (χ4n) is 2.87. The molecule has 24 heavy (non-hydrogen) atoms. The average Bonchev–Trinajstić information content (AvgIpc) is 2.94. The molecule has 1 aromatic heterocycles. The standard InChI is InChI=1S/C20H14Cl2N2/c21-16-10-8-15(9-11-16)20-23-18-6-1-2-7-19(18)24(20)13-14-4-3-5-17(22)12-14/h1-12H,13H2. The Morgan fingerprint density at radius 3 is 2.38 bits per heavy atom. The Hall–Kier alpha value is -2.29. The minimum absolute atomic E-state index is 0.707. The van der Waals surface area contributed by atoms with E-state index in [4.69, 9.17) is 28.2 Å². The first-order valence-corrected chi connectivity index (χ1v) is 8.42. The summed E-state index contributed by atoms with van der Waals surface area (Å²) in [4.78, 5) is 4.82. The van der Waals surface area contributed by atoms with Crippen LogP contribution in [0.4, 0.5) is 0 Å². The van der Waals surface area contributed by atoms with Crippen molar-refractivity contribution in [1.29, 1.82) is 0 Å². The molecule has 0 saturated heterocycles. The van der Waals surface area contributed by atoms with Gasteiger partial charge in [0.15, 0.2) is 0 Å². The number of hydrogen-bond acceptors (Lipinski definition) is 1. The molecule has 0 radical (unpaired) electrons. The van der Waals surface area contributed by atoms with Gasteiger partial charge in [-0.25, -0.2) is 4.98 Å². The van der Waals surface area contributed by atoms with Gasteiger partial charge >= 0.3 is 0 Å². The van der Waals surface area contributed by atoms with E-state index < -0.39 is 0 Å². The number of benzene rings is 3. The van der Waals surface area contributed by atoms with Gasteiger partial charge in [0.1, 0.15) is 5.82 Å². The summed E-state index contributed by atoms with van der Waals surface area (Å²) < 4.78 is 2.21. The van der Waals surface area contributed by atoms with Gasteiger partial charge in [0.2, 0.25) is 0 Å². The van der Waals surface area contributed by atoms with E-state index in [1.165, 1.54) is 0 Å². The molecule has 0 N–H and O–H groups in total. The lowest BCUT2D eigenvalue weighted by molar-refractivity contribution is 0.834. The quantitative estimate of drug-likeness (QED) is 0.438. The second-order valence-corrected chi connectivity index (χ2v) is 6.52. The Bertz CT molecular complexity index is 1000. The van der Waals surface area contributed by atoms with Gasteiger partial charge < -0.3 is 4.57 Å². The highest BCUT2D eigenvalue weighted by Gasteiger charge is 2.13. The molecule has 118 valence electrons. The highest BCUT2D eigenvalue weighted by atomic mass is 35.5. The number of aromatic nitrogens is 2. The van der Waals surface area contributed by atoms with Gasteiger partial charge in [0, 0.05) is 22.2 Å². The second-order valence-electron chi connectivity index (χ2n) is 5.65. The van der Waals surface area contributed by atoms with Crippen LogP contribution in [0.1, 0.15) is 5.56 Å². The first kappa shape index (κ1) is 15.3. The van der Waals surface area contributed by atoms with Gasteiger partial charge in [-0.15, -0.1) is 0 Å². The molecule has 0 spiro atoms. The third-order valence-corrected chi connectivity index (χ3v) is 4.47. The Balaban J connectivity index is 1.88. The Morgan fingerprint density at radius 2 is 1.58 bits per heavy atom.